The summed E-state index contributed by atoms with van der Waals surface area (Å²) >= 11 is 0. The molecule has 0 radical (unpaired) electrons. The van der Waals surface area contributed by atoms with Crippen molar-refractivity contribution in [3.05, 3.63) is 108 Å². The zero-order chi connectivity index (χ0) is 32.3. The highest BCUT2D eigenvalue weighted by molar-refractivity contribution is 5.84. The second-order valence-corrected chi connectivity index (χ2v) is 11.5. The van der Waals surface area contributed by atoms with Crippen LogP contribution in [0.25, 0.3) is 11.2 Å². The van der Waals surface area contributed by atoms with Crippen molar-refractivity contribution >= 4 is 22.9 Å². The number of aliphatic hydroxyl groups is 2. The summed E-state index contributed by atoms with van der Waals surface area (Å²) < 4.78 is 15.0. The summed E-state index contributed by atoms with van der Waals surface area (Å²) in [5.74, 6) is 1.49. The van der Waals surface area contributed by atoms with Crippen LogP contribution in [0.5, 0.6) is 0 Å². The van der Waals surface area contributed by atoms with Crippen molar-refractivity contribution in [3.63, 3.8) is 0 Å². The van der Waals surface area contributed by atoms with Crippen LogP contribution in [0.4, 0.5) is 11.8 Å². The smallest absolute Gasteiger partial charge is 0.258 e. The van der Waals surface area contributed by atoms with Gasteiger partial charge in [0.15, 0.2) is 35.1 Å². The monoisotopic (exact) mass is 636 g/mol. The lowest BCUT2D eigenvalue weighted by Crippen LogP contribution is -2.29. The van der Waals surface area contributed by atoms with E-state index in [9.17, 15) is 10.2 Å². The molecule has 6 aromatic rings. The van der Waals surface area contributed by atoms with Gasteiger partial charge in [-0.1, -0.05) is 72.7 Å². The van der Waals surface area contributed by atoms with Gasteiger partial charge in [-0.2, -0.15) is 15.0 Å². The van der Waals surface area contributed by atoms with Crippen LogP contribution in [0.1, 0.15) is 53.7 Å². The highest BCUT2D eigenvalue weighted by Crippen LogP contribution is 2.40. The molecule has 0 bridgehead atoms. The SMILES string of the molecule is CCc1noc(C2OC(n3cnc4c(NCC(c5ccccc5)c5ccccc5)nc(NCCc5cn(C)cn5)nc43)C(O)C2O)n1. The molecule has 2 aromatic carbocycles. The average Bonchev–Trinajstić information content (AvgIpc) is 3.90. The second kappa shape index (κ2) is 13.3. The zero-order valence-corrected chi connectivity index (χ0v) is 26.0. The quantitative estimate of drug-likeness (QED) is 0.154. The van der Waals surface area contributed by atoms with Gasteiger partial charge in [0.1, 0.15) is 12.2 Å². The van der Waals surface area contributed by atoms with E-state index in [0.29, 0.717) is 54.7 Å². The number of ether oxygens (including phenoxy) is 1. The Morgan fingerprint density at radius 1 is 0.894 bits per heavy atom. The van der Waals surface area contributed by atoms with Gasteiger partial charge < -0.3 is 34.7 Å². The van der Waals surface area contributed by atoms with E-state index in [1.54, 1.807) is 10.9 Å². The van der Waals surface area contributed by atoms with Crippen LogP contribution in [0.2, 0.25) is 0 Å². The lowest BCUT2D eigenvalue weighted by atomic mass is 9.91. The topological polar surface area (TPSA) is 174 Å². The molecule has 0 amide bonds. The molecule has 4 atom stereocenters. The maximum absolute atomic E-state index is 11.1. The number of aromatic nitrogens is 8. The molecule has 0 spiro atoms. The molecule has 7 rings (SSSR count). The van der Waals surface area contributed by atoms with Gasteiger partial charge in [0, 0.05) is 45.1 Å². The molecule has 47 heavy (non-hydrogen) atoms. The van der Waals surface area contributed by atoms with Crippen molar-refractivity contribution in [2.24, 2.45) is 7.05 Å². The number of hydrogen-bond donors (Lipinski definition) is 4. The largest absolute Gasteiger partial charge is 0.387 e. The molecule has 4 aromatic heterocycles. The summed E-state index contributed by atoms with van der Waals surface area (Å²) in [6.45, 7) is 2.96. The Balaban J connectivity index is 1.21. The Morgan fingerprint density at radius 2 is 1.64 bits per heavy atom. The van der Waals surface area contributed by atoms with Crippen LogP contribution in [-0.2, 0) is 24.6 Å². The van der Waals surface area contributed by atoms with E-state index in [4.69, 9.17) is 19.2 Å². The number of aryl methyl sites for hydroxylation is 2. The first kappa shape index (κ1) is 30.5. The van der Waals surface area contributed by atoms with Crippen LogP contribution >= 0.6 is 0 Å². The van der Waals surface area contributed by atoms with Gasteiger partial charge in [0.05, 0.1) is 18.3 Å². The number of benzene rings is 2. The van der Waals surface area contributed by atoms with Crippen LogP contribution in [0, 0.1) is 0 Å². The molecule has 14 nitrogen and oxygen atoms in total. The Hall–Kier alpha value is -5.18. The van der Waals surface area contributed by atoms with Crippen LogP contribution in [-0.4, -0.2) is 74.7 Å². The number of aliphatic hydroxyl groups excluding tert-OH is 2. The van der Waals surface area contributed by atoms with E-state index in [1.807, 2.05) is 61.1 Å². The van der Waals surface area contributed by atoms with Crippen molar-refractivity contribution < 1.29 is 19.5 Å². The molecular formula is C33H36N10O4. The minimum Gasteiger partial charge on any atom is -0.387 e. The lowest BCUT2D eigenvalue weighted by Gasteiger charge is -2.20. The molecule has 1 saturated heterocycles. The summed E-state index contributed by atoms with van der Waals surface area (Å²) in [4.78, 5) is 23.0. The third-order valence-corrected chi connectivity index (χ3v) is 8.28. The first-order valence-electron chi connectivity index (χ1n) is 15.6. The fourth-order valence-electron chi connectivity index (χ4n) is 5.82. The first-order valence-corrected chi connectivity index (χ1v) is 15.6. The van der Waals surface area contributed by atoms with E-state index in [0.717, 1.165) is 16.8 Å². The predicted octanol–water partition coefficient (Wildman–Crippen LogP) is 3.40. The second-order valence-electron chi connectivity index (χ2n) is 11.5. The molecular weight excluding hydrogens is 600 g/mol. The Bertz CT molecular complexity index is 1890. The minimum absolute atomic E-state index is 0.0309. The third-order valence-electron chi connectivity index (χ3n) is 8.28. The van der Waals surface area contributed by atoms with E-state index < -0.39 is 24.5 Å². The highest BCUT2D eigenvalue weighted by Gasteiger charge is 2.47. The molecule has 4 N–H and O–H groups in total. The molecule has 4 unspecified atom stereocenters. The summed E-state index contributed by atoms with van der Waals surface area (Å²) in [6, 6.07) is 20.6. The van der Waals surface area contributed by atoms with Crippen molar-refractivity contribution in [2.75, 3.05) is 23.7 Å². The summed E-state index contributed by atoms with van der Waals surface area (Å²) in [5, 5.41) is 32.8. The Morgan fingerprint density at radius 3 is 2.30 bits per heavy atom. The third kappa shape index (κ3) is 6.30. The molecule has 1 aliphatic heterocycles. The number of imidazole rings is 2. The molecule has 14 heteroatoms. The number of fused-ring (bicyclic) bond motifs is 1. The van der Waals surface area contributed by atoms with E-state index in [-0.39, 0.29) is 11.8 Å². The summed E-state index contributed by atoms with van der Waals surface area (Å²) in [6.07, 6.45) is 1.81. The molecule has 5 heterocycles. The van der Waals surface area contributed by atoms with Gasteiger partial charge in [-0.3, -0.25) is 4.57 Å². The van der Waals surface area contributed by atoms with Gasteiger partial charge >= 0.3 is 0 Å². The number of rotatable bonds is 12. The van der Waals surface area contributed by atoms with Crippen molar-refractivity contribution in [1.82, 2.24) is 39.2 Å². The van der Waals surface area contributed by atoms with Gasteiger partial charge in [0.2, 0.25) is 5.95 Å². The highest BCUT2D eigenvalue weighted by atomic mass is 16.6. The molecule has 1 fully saturated rings. The fourth-order valence-corrected chi connectivity index (χ4v) is 5.82. The Kier molecular flexibility index (Phi) is 8.61. The summed E-state index contributed by atoms with van der Waals surface area (Å²) in [5.41, 5.74) is 4.15. The average molecular weight is 637 g/mol. The van der Waals surface area contributed by atoms with Gasteiger partial charge in [-0.15, -0.1) is 0 Å². The minimum atomic E-state index is -1.32. The van der Waals surface area contributed by atoms with Crippen molar-refractivity contribution in [1.29, 1.82) is 0 Å². The molecule has 242 valence electrons. The maximum Gasteiger partial charge on any atom is 0.258 e. The van der Waals surface area contributed by atoms with E-state index in [2.05, 4.69) is 55.0 Å². The van der Waals surface area contributed by atoms with Crippen molar-refractivity contribution in [3.8, 4) is 0 Å². The first-order chi connectivity index (χ1) is 23.0. The number of nitrogens with zero attached hydrogens (tertiary/aromatic N) is 8. The molecule has 1 aliphatic rings. The lowest BCUT2D eigenvalue weighted by molar-refractivity contribution is -0.0451. The number of hydrogen-bond acceptors (Lipinski definition) is 12. The van der Waals surface area contributed by atoms with Crippen LogP contribution in [0.15, 0.2) is 84.0 Å². The molecule has 0 saturated carbocycles. The molecule has 0 aliphatic carbocycles. The number of nitrogens with one attached hydrogen (secondary N) is 2. The van der Waals surface area contributed by atoms with Gasteiger partial charge in [-0.05, 0) is 11.1 Å². The van der Waals surface area contributed by atoms with Gasteiger partial charge in [0.25, 0.3) is 5.89 Å². The van der Waals surface area contributed by atoms with E-state index in [1.165, 1.54) is 6.33 Å². The number of anilines is 2. The fraction of sp³-hybridized carbons (Fsp3) is 0.333. The maximum atomic E-state index is 11.1. The predicted molar refractivity (Wildman–Crippen MR) is 172 cm³/mol. The standard InChI is InChI=1S/C33H36N10O4/c1-3-24-38-31(47-41-24)28-26(44)27(45)32(46-28)43-19-37-25-29(39-33(40-30(25)43)34-15-14-22-17-42(2)18-36-22)35-16-23(20-10-6-4-7-11-20)21-12-8-5-9-13-21/h4-13,17-19,23,26-28,32,44-45H,3,14-16H2,1-2H3,(H2,34,35,39,40). The van der Waals surface area contributed by atoms with Gasteiger partial charge in [-0.25, -0.2) is 9.97 Å². The van der Waals surface area contributed by atoms with Crippen LogP contribution < -0.4 is 10.6 Å². The normalized spacial score (nSPS) is 19.5. The summed E-state index contributed by atoms with van der Waals surface area (Å²) in [7, 11) is 1.93. The zero-order valence-electron chi connectivity index (χ0n) is 26.0. The van der Waals surface area contributed by atoms with Crippen LogP contribution in [0.3, 0.4) is 0 Å². The van der Waals surface area contributed by atoms with Crippen molar-refractivity contribution in [2.45, 2.75) is 50.2 Å². The Labute approximate surface area is 270 Å². The van der Waals surface area contributed by atoms with E-state index >= 15 is 0 Å².